The number of aromatic nitrogens is 1. The Balaban J connectivity index is 1.47. The van der Waals surface area contributed by atoms with E-state index in [1.165, 1.54) is 0 Å². The molecular weight excluding hydrogens is 406 g/mol. The van der Waals surface area contributed by atoms with E-state index in [0.717, 1.165) is 11.1 Å². The van der Waals surface area contributed by atoms with Crippen molar-refractivity contribution in [1.82, 2.24) is 15.4 Å². The summed E-state index contributed by atoms with van der Waals surface area (Å²) in [5.74, 6) is -0.250. The third-order valence-corrected chi connectivity index (χ3v) is 5.28. The Labute approximate surface area is 184 Å². The zero-order valence-electron chi connectivity index (χ0n) is 17.8. The van der Waals surface area contributed by atoms with Crippen LogP contribution < -0.4 is 21.0 Å². The first-order valence-electron chi connectivity index (χ1n) is 10.2. The van der Waals surface area contributed by atoms with Gasteiger partial charge in [-0.1, -0.05) is 42.5 Å². The van der Waals surface area contributed by atoms with E-state index in [1.807, 2.05) is 44.2 Å². The number of pyridine rings is 1. The average molecular weight is 429 g/mol. The van der Waals surface area contributed by atoms with Gasteiger partial charge in [-0.3, -0.25) is 25.2 Å². The van der Waals surface area contributed by atoms with Crippen LogP contribution in [0.1, 0.15) is 11.1 Å². The van der Waals surface area contributed by atoms with Crippen LogP contribution in [0.25, 0.3) is 21.8 Å². The number of fused-ring (bicyclic) bond motifs is 2. The van der Waals surface area contributed by atoms with Gasteiger partial charge in [0.15, 0.2) is 12.0 Å². The van der Waals surface area contributed by atoms with Gasteiger partial charge >= 0.3 is 0 Å². The fourth-order valence-corrected chi connectivity index (χ4v) is 3.77. The summed E-state index contributed by atoms with van der Waals surface area (Å²) >= 11 is 0. The van der Waals surface area contributed by atoms with Gasteiger partial charge in [0.25, 0.3) is 11.8 Å². The smallest absolute Gasteiger partial charge is 0.276 e. The number of hydrogen-bond acceptors (Lipinski definition) is 4. The number of benzene rings is 3. The summed E-state index contributed by atoms with van der Waals surface area (Å²) in [6.45, 7) is 3.51. The van der Waals surface area contributed by atoms with Crippen molar-refractivity contribution in [2.45, 2.75) is 20.4 Å². The predicted molar refractivity (Wildman–Crippen MR) is 123 cm³/mol. The van der Waals surface area contributed by atoms with Crippen molar-refractivity contribution >= 4 is 33.6 Å². The van der Waals surface area contributed by atoms with Gasteiger partial charge in [-0.15, -0.1) is 0 Å². The molecule has 32 heavy (non-hydrogen) atoms. The van der Waals surface area contributed by atoms with E-state index in [2.05, 4.69) is 10.9 Å². The summed E-state index contributed by atoms with van der Waals surface area (Å²) in [5, 5.41) is 1.06. The van der Waals surface area contributed by atoms with E-state index >= 15 is 0 Å². The number of para-hydroxylation sites is 3. The molecule has 0 saturated carbocycles. The molecule has 3 aromatic carbocycles. The Morgan fingerprint density at radius 1 is 0.781 bits per heavy atom. The molecule has 7 nitrogen and oxygen atoms in total. The van der Waals surface area contributed by atoms with E-state index < -0.39 is 11.8 Å². The van der Waals surface area contributed by atoms with Crippen molar-refractivity contribution < 1.29 is 14.3 Å². The first-order valence-corrected chi connectivity index (χ1v) is 10.2. The minimum Gasteiger partial charge on any atom is -0.483 e. The van der Waals surface area contributed by atoms with Gasteiger partial charge in [-0.2, -0.15) is 0 Å². The highest BCUT2D eigenvalue weighted by atomic mass is 16.5. The number of carbonyl (C=O) groups is 2. The zero-order valence-corrected chi connectivity index (χ0v) is 17.8. The molecule has 162 valence electrons. The topological polar surface area (TPSA) is 89.4 Å². The lowest BCUT2D eigenvalue weighted by atomic mass is 10.1. The second-order valence-electron chi connectivity index (χ2n) is 7.56. The molecule has 0 atom stereocenters. The summed E-state index contributed by atoms with van der Waals surface area (Å²) in [5.41, 5.74) is 7.88. The number of rotatable bonds is 5. The molecule has 4 rings (SSSR count). The zero-order chi connectivity index (χ0) is 22.7. The second-order valence-corrected chi connectivity index (χ2v) is 7.56. The number of nitrogens with zero attached hydrogens (tertiary/aromatic N) is 1. The van der Waals surface area contributed by atoms with Gasteiger partial charge in [0.05, 0.1) is 11.0 Å². The van der Waals surface area contributed by atoms with Crippen LogP contribution in [0.4, 0.5) is 0 Å². The van der Waals surface area contributed by atoms with E-state index in [-0.39, 0.29) is 18.6 Å². The van der Waals surface area contributed by atoms with Crippen molar-refractivity contribution in [3.05, 3.63) is 88.1 Å². The molecule has 0 aliphatic rings. The van der Waals surface area contributed by atoms with Crippen LogP contribution in [0.15, 0.2) is 71.5 Å². The largest absolute Gasteiger partial charge is 0.483 e. The van der Waals surface area contributed by atoms with Gasteiger partial charge in [-0.05, 0) is 49.2 Å². The first-order chi connectivity index (χ1) is 15.5. The number of hydrogen-bond donors (Lipinski definition) is 2. The number of nitrogens with one attached hydrogen (secondary N) is 2. The molecule has 7 heteroatoms. The quantitative estimate of drug-likeness (QED) is 0.377. The van der Waals surface area contributed by atoms with Crippen LogP contribution in [-0.2, 0) is 16.1 Å². The summed E-state index contributed by atoms with van der Waals surface area (Å²) < 4.78 is 7.37. The molecule has 2 amide bonds. The van der Waals surface area contributed by atoms with E-state index in [9.17, 15) is 14.4 Å². The molecule has 0 spiro atoms. The molecule has 4 aromatic rings. The average Bonchev–Trinajstić information content (AvgIpc) is 2.80. The Kier molecular flexibility index (Phi) is 5.89. The minimum atomic E-state index is -0.476. The third kappa shape index (κ3) is 4.18. The highest BCUT2D eigenvalue weighted by Crippen LogP contribution is 2.22. The van der Waals surface area contributed by atoms with Crippen molar-refractivity contribution in [2.75, 3.05) is 6.61 Å². The van der Waals surface area contributed by atoms with Crippen LogP contribution in [-0.4, -0.2) is 23.0 Å². The molecule has 0 saturated heterocycles. The highest BCUT2D eigenvalue weighted by molar-refractivity contribution is 5.95. The Morgan fingerprint density at radius 3 is 1.91 bits per heavy atom. The molecule has 0 bridgehead atoms. The maximum Gasteiger partial charge on any atom is 0.276 e. The summed E-state index contributed by atoms with van der Waals surface area (Å²) in [6, 6.07) is 20.0. The number of amides is 2. The molecule has 2 N–H and O–H groups in total. The van der Waals surface area contributed by atoms with E-state index in [4.69, 9.17) is 4.74 Å². The molecule has 0 unspecified atom stereocenters. The van der Waals surface area contributed by atoms with Gasteiger partial charge in [0.2, 0.25) is 0 Å². The highest BCUT2D eigenvalue weighted by Gasteiger charge is 2.14. The molecule has 1 heterocycles. The standard InChI is InChI=1S/C25H23N3O4/c1-16-8-7-9-17(2)25(16)32-15-23(30)27-26-22(29)14-28-20-12-5-3-10-18(20)24(31)19-11-4-6-13-21(19)28/h3-13H,14-15H2,1-2H3,(H,26,29)(H,27,30). The molecule has 0 aliphatic carbocycles. The fraction of sp³-hybridized carbons (Fsp3) is 0.160. The van der Waals surface area contributed by atoms with Crippen LogP contribution in [0.5, 0.6) is 5.75 Å². The molecule has 0 fully saturated rings. The van der Waals surface area contributed by atoms with Crippen molar-refractivity contribution in [3.63, 3.8) is 0 Å². The SMILES string of the molecule is Cc1cccc(C)c1OCC(=O)NNC(=O)Cn1c2ccccc2c(=O)c2ccccc21. The lowest BCUT2D eigenvalue weighted by Crippen LogP contribution is -2.45. The number of hydrazine groups is 1. The molecule has 1 aromatic heterocycles. The van der Waals surface area contributed by atoms with Crippen molar-refractivity contribution in [1.29, 1.82) is 0 Å². The minimum absolute atomic E-state index is 0.0701. The maximum atomic E-state index is 12.8. The van der Waals surface area contributed by atoms with Gasteiger partial charge in [0.1, 0.15) is 12.3 Å². The van der Waals surface area contributed by atoms with Crippen molar-refractivity contribution in [2.24, 2.45) is 0 Å². The van der Waals surface area contributed by atoms with Gasteiger partial charge in [0, 0.05) is 10.8 Å². The number of ether oxygens (including phenoxy) is 1. The third-order valence-electron chi connectivity index (χ3n) is 5.28. The fourth-order valence-electron chi connectivity index (χ4n) is 3.77. The van der Waals surface area contributed by atoms with Crippen LogP contribution in [0.3, 0.4) is 0 Å². The van der Waals surface area contributed by atoms with E-state index in [1.54, 1.807) is 41.0 Å². The van der Waals surface area contributed by atoms with E-state index in [0.29, 0.717) is 27.6 Å². The number of carbonyl (C=O) groups excluding carboxylic acids is 2. The monoisotopic (exact) mass is 429 g/mol. The predicted octanol–water partition coefficient (Wildman–Crippen LogP) is 3.00. The Hall–Kier alpha value is -4.13. The normalized spacial score (nSPS) is 10.8. The second kappa shape index (κ2) is 8.93. The van der Waals surface area contributed by atoms with Crippen LogP contribution in [0, 0.1) is 13.8 Å². The lowest BCUT2D eigenvalue weighted by Gasteiger charge is -2.15. The lowest BCUT2D eigenvalue weighted by molar-refractivity contribution is -0.130. The van der Waals surface area contributed by atoms with Crippen molar-refractivity contribution in [3.8, 4) is 5.75 Å². The van der Waals surface area contributed by atoms with Crippen LogP contribution in [0.2, 0.25) is 0 Å². The van der Waals surface area contributed by atoms with Crippen LogP contribution >= 0.6 is 0 Å². The summed E-state index contributed by atoms with van der Waals surface area (Å²) in [7, 11) is 0. The first kappa shape index (κ1) is 21.1. The molecular formula is C25H23N3O4. The summed E-state index contributed by atoms with van der Waals surface area (Å²) in [4.78, 5) is 37.6. The maximum absolute atomic E-state index is 12.8. The number of aryl methyl sites for hydroxylation is 2. The Bertz CT molecular complexity index is 1310. The molecule has 0 radical (unpaired) electrons. The summed E-state index contributed by atoms with van der Waals surface area (Å²) in [6.07, 6.45) is 0. The van der Waals surface area contributed by atoms with Gasteiger partial charge in [-0.25, -0.2) is 0 Å². The van der Waals surface area contributed by atoms with Gasteiger partial charge < -0.3 is 9.30 Å². The molecule has 0 aliphatic heterocycles. The Morgan fingerprint density at radius 2 is 1.31 bits per heavy atom.